The Morgan fingerprint density at radius 3 is 1.27 bits per heavy atom. The highest BCUT2D eigenvalue weighted by Gasteiger charge is 2.50. The highest BCUT2D eigenvalue weighted by atomic mass is 16.5. The Morgan fingerprint density at radius 1 is 0.343 bits per heavy atom. The normalized spacial score (nSPS) is 16.2. The van der Waals surface area contributed by atoms with Gasteiger partial charge in [0.2, 0.25) is 0 Å². The molecule has 0 saturated heterocycles. The van der Waals surface area contributed by atoms with Crippen molar-refractivity contribution in [3.8, 4) is 56.4 Å². The highest BCUT2D eigenvalue weighted by molar-refractivity contribution is 5.89. The molecular weight excluding hydrogens is 1210 g/mol. The van der Waals surface area contributed by atoms with Crippen molar-refractivity contribution in [3.05, 3.63) is 298 Å². The number of fused-ring (bicyclic) bond motifs is 6. The Morgan fingerprint density at radius 2 is 0.747 bits per heavy atom. The molecule has 6 heteroatoms. The number of benzene rings is 11. The van der Waals surface area contributed by atoms with Gasteiger partial charge in [0.1, 0.15) is 11.5 Å². The largest absolute Gasteiger partial charge is 0.497 e. The standard InChI is InChI=1S/C93H98N2O4/c1-13-62(5)58-92(59-63(6)14-2)86-20-18-17-19-82(86)83-51-31-72(56-87(83)92)93(73-32-52-90(98-60-64(7)15-3)91(57-73)99-61-65(8)16-4)88-53-67(10)23-49-84(88)85-50-26-69(55-89(85)93)54-68-24-35-75(36-25-68)95(79-43-47-81(97-12)48-44-79)77-39-29-71(30-40-77)70-27-37-76(38-28-70)94(74-33-21-66(9)22-34-74)78-41-45-80(96-11)46-42-78/h17-53,55-57,62-65H,13-16,54,58-61H2,1-12H3. The van der Waals surface area contributed by atoms with Crippen LogP contribution in [0.15, 0.2) is 243 Å². The summed E-state index contributed by atoms with van der Waals surface area (Å²) >= 11 is 0. The number of hydrogen-bond acceptors (Lipinski definition) is 6. The molecule has 0 bridgehead atoms. The summed E-state index contributed by atoms with van der Waals surface area (Å²) in [6, 6.07) is 90.8. The second-order valence-corrected chi connectivity index (χ2v) is 28.7. The van der Waals surface area contributed by atoms with E-state index in [0.717, 1.165) is 113 Å². The molecule has 13 rings (SSSR count). The van der Waals surface area contributed by atoms with Gasteiger partial charge in [0.15, 0.2) is 11.5 Å². The van der Waals surface area contributed by atoms with Crippen molar-refractivity contribution >= 4 is 34.1 Å². The van der Waals surface area contributed by atoms with E-state index in [-0.39, 0.29) is 5.41 Å². The molecule has 0 aliphatic heterocycles. The lowest BCUT2D eigenvalue weighted by Crippen LogP contribution is -2.32. The van der Waals surface area contributed by atoms with Crippen LogP contribution in [0.1, 0.15) is 150 Å². The Labute approximate surface area is 590 Å². The fraction of sp³-hybridized carbons (Fsp3) is 0.290. The molecule has 2 aliphatic rings. The summed E-state index contributed by atoms with van der Waals surface area (Å²) in [5.74, 6) is 5.11. The average Bonchev–Trinajstić information content (AvgIpc) is 1.54. The first kappa shape index (κ1) is 67.8. The summed E-state index contributed by atoms with van der Waals surface area (Å²) in [6.45, 7) is 24.3. The molecule has 6 nitrogen and oxygen atoms in total. The zero-order valence-corrected chi connectivity index (χ0v) is 60.3. The minimum absolute atomic E-state index is 0.151. The van der Waals surface area contributed by atoms with E-state index in [0.29, 0.717) is 36.9 Å². The van der Waals surface area contributed by atoms with Crippen LogP contribution in [-0.4, -0.2) is 27.4 Å². The molecule has 0 aromatic heterocycles. The molecule has 504 valence electrons. The molecule has 0 amide bonds. The number of anilines is 6. The van der Waals surface area contributed by atoms with Crippen LogP contribution in [0.4, 0.5) is 34.1 Å². The predicted molar refractivity (Wildman–Crippen MR) is 415 cm³/mol. The number of hydrogen-bond donors (Lipinski definition) is 0. The molecule has 5 unspecified atom stereocenters. The highest BCUT2D eigenvalue weighted by Crippen LogP contribution is 2.61. The first-order valence-corrected chi connectivity index (χ1v) is 36.3. The number of ether oxygens (including phenoxy) is 4. The van der Waals surface area contributed by atoms with Crippen LogP contribution in [0, 0.1) is 37.5 Å². The van der Waals surface area contributed by atoms with Gasteiger partial charge in [0.25, 0.3) is 0 Å². The van der Waals surface area contributed by atoms with Crippen molar-refractivity contribution < 1.29 is 18.9 Å². The van der Waals surface area contributed by atoms with Gasteiger partial charge in [-0.05, 0) is 244 Å². The summed E-state index contributed by atoms with van der Waals surface area (Å²) < 4.78 is 25.0. The van der Waals surface area contributed by atoms with Crippen LogP contribution in [0.2, 0.25) is 0 Å². The van der Waals surface area contributed by atoms with Gasteiger partial charge in [-0.1, -0.05) is 226 Å². The zero-order chi connectivity index (χ0) is 69.0. The van der Waals surface area contributed by atoms with Crippen molar-refractivity contribution in [1.82, 2.24) is 0 Å². The van der Waals surface area contributed by atoms with Gasteiger partial charge < -0.3 is 28.7 Å². The lowest BCUT2D eigenvalue weighted by molar-refractivity contribution is 0.217. The third-order valence-electron chi connectivity index (χ3n) is 21.8. The maximum atomic E-state index is 7.02. The van der Waals surface area contributed by atoms with Gasteiger partial charge in [0.05, 0.1) is 32.8 Å². The first-order chi connectivity index (χ1) is 48.2. The Balaban J connectivity index is 0.893. The summed E-state index contributed by atoms with van der Waals surface area (Å²) in [6.07, 6.45) is 7.28. The summed E-state index contributed by atoms with van der Waals surface area (Å²) in [4.78, 5) is 4.62. The number of aryl methyl sites for hydroxylation is 2. The average molecular weight is 1310 g/mol. The quantitative estimate of drug-likeness (QED) is 0.0511. The smallest absolute Gasteiger partial charge is 0.161 e. The van der Waals surface area contributed by atoms with E-state index in [9.17, 15) is 0 Å². The maximum Gasteiger partial charge on any atom is 0.161 e. The minimum atomic E-state index is -0.721. The Kier molecular flexibility index (Phi) is 20.1. The van der Waals surface area contributed by atoms with Crippen LogP contribution in [0.5, 0.6) is 23.0 Å². The maximum absolute atomic E-state index is 7.02. The number of methoxy groups -OCH3 is 2. The van der Waals surface area contributed by atoms with Crippen LogP contribution in [-0.2, 0) is 17.3 Å². The predicted octanol–water partition coefficient (Wildman–Crippen LogP) is 24.9. The molecule has 11 aromatic carbocycles. The topological polar surface area (TPSA) is 43.4 Å². The van der Waals surface area contributed by atoms with Crippen LogP contribution >= 0.6 is 0 Å². The Hall–Kier alpha value is -9.78. The monoisotopic (exact) mass is 1310 g/mol. The van der Waals surface area contributed by atoms with Crippen molar-refractivity contribution in [2.24, 2.45) is 23.7 Å². The fourth-order valence-corrected chi connectivity index (χ4v) is 15.4. The van der Waals surface area contributed by atoms with Gasteiger partial charge in [0, 0.05) is 39.5 Å². The zero-order valence-electron chi connectivity index (χ0n) is 60.3. The van der Waals surface area contributed by atoms with E-state index in [2.05, 4.69) is 297 Å². The van der Waals surface area contributed by atoms with Crippen LogP contribution in [0.3, 0.4) is 0 Å². The van der Waals surface area contributed by atoms with Gasteiger partial charge in [-0.3, -0.25) is 0 Å². The molecule has 5 atom stereocenters. The molecule has 0 radical (unpaired) electrons. The Bertz CT molecular complexity index is 4560. The molecule has 0 N–H and O–H groups in total. The van der Waals surface area contributed by atoms with Gasteiger partial charge in [-0.15, -0.1) is 0 Å². The third-order valence-corrected chi connectivity index (χ3v) is 21.8. The fourth-order valence-electron chi connectivity index (χ4n) is 15.4. The summed E-state index contributed by atoms with van der Waals surface area (Å²) in [5, 5.41) is 0. The van der Waals surface area contributed by atoms with Gasteiger partial charge in [-0.2, -0.15) is 0 Å². The molecule has 0 saturated carbocycles. The molecular formula is C93H98N2O4. The molecule has 11 aromatic rings. The van der Waals surface area contributed by atoms with Crippen LogP contribution in [0.25, 0.3) is 33.4 Å². The van der Waals surface area contributed by atoms with E-state index in [1.54, 1.807) is 14.2 Å². The van der Waals surface area contributed by atoms with Crippen molar-refractivity contribution in [2.45, 2.75) is 125 Å². The summed E-state index contributed by atoms with van der Waals surface area (Å²) in [7, 11) is 3.43. The molecule has 0 heterocycles. The molecule has 0 fully saturated rings. The molecule has 0 spiro atoms. The van der Waals surface area contributed by atoms with Gasteiger partial charge >= 0.3 is 0 Å². The third kappa shape index (κ3) is 13.4. The molecule has 99 heavy (non-hydrogen) atoms. The van der Waals surface area contributed by atoms with E-state index >= 15 is 0 Å². The SMILES string of the molecule is CCC(C)COc1ccc(C2(c3ccc4c(c3)C(CC(C)CC)(CC(C)CC)c3ccccc3-4)c3cc(C)ccc3-c3ccc(Cc4ccc(N(c5ccc(OC)cc5)c5ccc(-c6ccc(N(c7ccc(C)cc7)c7ccc(OC)cc7)cc6)cc5)cc4)cc32)cc1OCC(C)CC. The number of nitrogens with zero attached hydrogens (tertiary/aromatic N) is 2. The van der Waals surface area contributed by atoms with Crippen molar-refractivity contribution in [3.63, 3.8) is 0 Å². The van der Waals surface area contributed by atoms with E-state index < -0.39 is 5.41 Å². The number of rotatable bonds is 27. The van der Waals surface area contributed by atoms with E-state index in [4.69, 9.17) is 18.9 Å². The van der Waals surface area contributed by atoms with Gasteiger partial charge in [-0.25, -0.2) is 0 Å². The van der Waals surface area contributed by atoms with Crippen LogP contribution < -0.4 is 28.7 Å². The second-order valence-electron chi connectivity index (χ2n) is 28.7. The first-order valence-electron chi connectivity index (χ1n) is 36.3. The van der Waals surface area contributed by atoms with Crippen molar-refractivity contribution in [1.29, 1.82) is 0 Å². The van der Waals surface area contributed by atoms with Crippen molar-refractivity contribution in [2.75, 3.05) is 37.2 Å². The lowest BCUT2D eigenvalue weighted by Gasteiger charge is -2.39. The van der Waals surface area contributed by atoms with E-state index in [1.807, 2.05) is 24.3 Å². The molecule has 2 aliphatic carbocycles. The minimum Gasteiger partial charge on any atom is -0.497 e. The second kappa shape index (κ2) is 29.3. The van der Waals surface area contributed by atoms with E-state index in [1.165, 1.54) is 77.9 Å². The lowest BCUT2D eigenvalue weighted by atomic mass is 9.63. The summed E-state index contributed by atoms with van der Waals surface area (Å²) in [5.41, 5.74) is 26.1.